The van der Waals surface area contributed by atoms with Crippen molar-refractivity contribution in [2.45, 2.75) is 0 Å². The largest absolute Gasteiger partial charge is 0.377 e. The van der Waals surface area contributed by atoms with E-state index in [9.17, 15) is 19.2 Å². The van der Waals surface area contributed by atoms with Gasteiger partial charge in [0.05, 0.1) is 64.0 Å². The van der Waals surface area contributed by atoms with Crippen molar-refractivity contribution in [1.82, 2.24) is 26.3 Å². The third-order valence-electron chi connectivity index (χ3n) is 4.53. The highest BCUT2D eigenvalue weighted by molar-refractivity contribution is 5.99. The minimum absolute atomic E-state index is 0.250. The molecule has 1 aromatic heterocycles. The SMILES string of the molecule is C=CC(=O)NCCOCCOCCNC(=O)c1cncc(C(=O)NCCOCCOCCNC(=O)C=C)c1. The summed E-state index contributed by atoms with van der Waals surface area (Å²) in [4.78, 5) is 50.5. The molecule has 0 atom stereocenters. The minimum Gasteiger partial charge on any atom is -0.377 e. The Morgan fingerprint density at radius 2 is 0.947 bits per heavy atom. The topological polar surface area (TPSA) is 166 Å². The summed E-state index contributed by atoms with van der Waals surface area (Å²) in [5.74, 6) is -1.26. The van der Waals surface area contributed by atoms with Gasteiger partial charge in [-0.15, -0.1) is 0 Å². The van der Waals surface area contributed by atoms with E-state index in [1.165, 1.54) is 30.6 Å². The van der Waals surface area contributed by atoms with Crippen LogP contribution < -0.4 is 21.3 Å². The van der Waals surface area contributed by atoms with Gasteiger partial charge >= 0.3 is 0 Å². The van der Waals surface area contributed by atoms with Gasteiger partial charge in [-0.1, -0.05) is 13.2 Å². The Morgan fingerprint density at radius 3 is 1.29 bits per heavy atom. The van der Waals surface area contributed by atoms with Gasteiger partial charge in [0.25, 0.3) is 11.8 Å². The zero-order valence-corrected chi connectivity index (χ0v) is 21.5. The molecule has 0 aliphatic rings. The van der Waals surface area contributed by atoms with Crippen LogP contribution in [0, 0.1) is 0 Å². The van der Waals surface area contributed by atoms with Gasteiger partial charge in [-0.05, 0) is 18.2 Å². The van der Waals surface area contributed by atoms with Gasteiger partial charge in [0.2, 0.25) is 11.8 Å². The number of aromatic nitrogens is 1. The van der Waals surface area contributed by atoms with Gasteiger partial charge in [0.15, 0.2) is 0 Å². The highest BCUT2D eigenvalue weighted by Gasteiger charge is 2.11. The molecule has 0 aliphatic carbocycles. The molecule has 210 valence electrons. The summed E-state index contributed by atoms with van der Waals surface area (Å²) >= 11 is 0. The van der Waals surface area contributed by atoms with E-state index in [2.05, 4.69) is 39.4 Å². The number of nitrogens with one attached hydrogen (secondary N) is 4. The molecule has 0 aromatic carbocycles. The van der Waals surface area contributed by atoms with Gasteiger partial charge in [0.1, 0.15) is 0 Å². The Morgan fingerprint density at radius 1 is 0.605 bits per heavy atom. The van der Waals surface area contributed by atoms with Crippen LogP contribution in [0.3, 0.4) is 0 Å². The molecular formula is C25H37N5O8. The number of hydrogen-bond acceptors (Lipinski definition) is 9. The van der Waals surface area contributed by atoms with Crippen molar-refractivity contribution < 1.29 is 38.1 Å². The summed E-state index contributed by atoms with van der Waals surface area (Å²) in [6.07, 6.45) is 5.12. The van der Waals surface area contributed by atoms with Crippen LogP contribution in [-0.2, 0) is 28.5 Å². The van der Waals surface area contributed by atoms with E-state index in [4.69, 9.17) is 18.9 Å². The first-order valence-corrected chi connectivity index (χ1v) is 12.1. The van der Waals surface area contributed by atoms with Crippen molar-refractivity contribution in [3.05, 3.63) is 54.9 Å². The summed E-state index contributed by atoms with van der Waals surface area (Å²) in [5.41, 5.74) is 0.500. The van der Waals surface area contributed by atoms with E-state index in [-0.39, 0.29) is 61.1 Å². The Bertz CT molecular complexity index is 829. The number of carbonyl (C=O) groups excluding carboxylic acids is 4. The smallest absolute Gasteiger partial charge is 0.252 e. The second-order valence-corrected chi connectivity index (χ2v) is 7.41. The summed E-state index contributed by atoms with van der Waals surface area (Å²) in [5, 5.41) is 10.6. The zero-order chi connectivity index (χ0) is 27.8. The molecule has 0 saturated heterocycles. The van der Waals surface area contributed by atoms with Crippen molar-refractivity contribution in [1.29, 1.82) is 0 Å². The lowest BCUT2D eigenvalue weighted by Crippen LogP contribution is -2.30. The molecule has 4 amide bonds. The average molecular weight is 536 g/mol. The molecule has 1 heterocycles. The second kappa shape index (κ2) is 21.4. The first-order valence-electron chi connectivity index (χ1n) is 12.1. The van der Waals surface area contributed by atoms with Gasteiger partial charge in [-0.3, -0.25) is 24.2 Å². The number of carbonyl (C=O) groups is 4. The Labute approximate surface area is 222 Å². The Balaban J connectivity index is 2.11. The normalized spacial score (nSPS) is 10.3. The van der Waals surface area contributed by atoms with Crippen LogP contribution in [0.5, 0.6) is 0 Å². The van der Waals surface area contributed by atoms with Gasteiger partial charge in [-0.2, -0.15) is 0 Å². The molecule has 0 spiro atoms. The standard InChI is InChI=1S/C25H37N5O8/c1-3-22(31)27-5-9-35-13-15-37-11-7-29-24(33)20-17-21(19-26-18-20)25(34)30-8-12-38-16-14-36-10-6-28-23(32)4-2/h3-4,17-19H,1-2,5-16H2,(H,27,31)(H,28,32)(H,29,33)(H,30,34). The minimum atomic E-state index is -0.377. The average Bonchev–Trinajstić information content (AvgIpc) is 2.94. The van der Waals surface area contributed by atoms with E-state index in [0.717, 1.165) is 0 Å². The predicted molar refractivity (Wildman–Crippen MR) is 139 cm³/mol. The molecule has 0 fully saturated rings. The summed E-state index contributed by atoms with van der Waals surface area (Å²) in [7, 11) is 0. The molecule has 0 radical (unpaired) electrons. The number of rotatable bonds is 22. The summed E-state index contributed by atoms with van der Waals surface area (Å²) in [6, 6.07) is 1.46. The van der Waals surface area contributed by atoms with E-state index >= 15 is 0 Å². The molecule has 38 heavy (non-hydrogen) atoms. The molecule has 1 aromatic rings. The Hall–Kier alpha value is -3.65. The molecule has 0 unspecified atom stereocenters. The fraction of sp³-hybridized carbons (Fsp3) is 0.480. The zero-order valence-electron chi connectivity index (χ0n) is 21.5. The van der Waals surface area contributed by atoms with Crippen molar-refractivity contribution in [3.63, 3.8) is 0 Å². The second-order valence-electron chi connectivity index (χ2n) is 7.41. The van der Waals surface area contributed by atoms with Crippen LogP contribution in [0.1, 0.15) is 20.7 Å². The number of pyridine rings is 1. The highest BCUT2D eigenvalue weighted by Crippen LogP contribution is 2.03. The molecule has 13 nitrogen and oxygen atoms in total. The van der Waals surface area contributed by atoms with Crippen LogP contribution in [-0.4, -0.2) is 108 Å². The number of ether oxygens (including phenoxy) is 4. The maximum Gasteiger partial charge on any atom is 0.252 e. The summed E-state index contributed by atoms with van der Waals surface area (Å²) < 4.78 is 21.4. The van der Waals surface area contributed by atoms with Gasteiger partial charge in [-0.25, -0.2) is 0 Å². The lowest BCUT2D eigenvalue weighted by molar-refractivity contribution is -0.117. The van der Waals surface area contributed by atoms with Gasteiger partial charge in [0, 0.05) is 38.6 Å². The van der Waals surface area contributed by atoms with E-state index < -0.39 is 0 Å². The maximum absolute atomic E-state index is 12.3. The van der Waals surface area contributed by atoms with Gasteiger partial charge < -0.3 is 40.2 Å². The third kappa shape index (κ3) is 16.2. The molecule has 1 rings (SSSR count). The van der Waals surface area contributed by atoms with E-state index in [1.54, 1.807) is 0 Å². The first-order chi connectivity index (χ1) is 18.5. The van der Waals surface area contributed by atoms with E-state index in [0.29, 0.717) is 52.7 Å². The number of nitrogens with zero attached hydrogens (tertiary/aromatic N) is 1. The number of hydrogen-bond donors (Lipinski definition) is 4. The molecule has 13 heteroatoms. The quantitative estimate of drug-likeness (QED) is 0.110. The lowest BCUT2D eigenvalue weighted by Gasteiger charge is -2.09. The van der Waals surface area contributed by atoms with Crippen LogP contribution in [0.15, 0.2) is 43.8 Å². The maximum atomic E-state index is 12.3. The van der Waals surface area contributed by atoms with Crippen LogP contribution in [0.25, 0.3) is 0 Å². The molecule has 0 saturated carbocycles. The van der Waals surface area contributed by atoms with Crippen molar-refractivity contribution in [3.8, 4) is 0 Å². The fourth-order valence-electron chi connectivity index (χ4n) is 2.65. The van der Waals surface area contributed by atoms with Crippen LogP contribution >= 0.6 is 0 Å². The molecule has 4 N–H and O–H groups in total. The molecular weight excluding hydrogens is 498 g/mol. The predicted octanol–water partition coefficient (Wildman–Crippen LogP) is -0.788. The summed E-state index contributed by atoms with van der Waals surface area (Å²) in [6.45, 7) is 10.7. The van der Waals surface area contributed by atoms with Crippen LogP contribution in [0.4, 0.5) is 0 Å². The first kappa shape index (κ1) is 32.4. The third-order valence-corrected chi connectivity index (χ3v) is 4.53. The van der Waals surface area contributed by atoms with Crippen molar-refractivity contribution in [2.24, 2.45) is 0 Å². The van der Waals surface area contributed by atoms with E-state index in [1.807, 2.05) is 0 Å². The fourth-order valence-corrected chi connectivity index (χ4v) is 2.65. The Kier molecular flexibility index (Phi) is 18.3. The number of amides is 4. The molecule has 0 bridgehead atoms. The lowest BCUT2D eigenvalue weighted by atomic mass is 10.2. The molecule has 0 aliphatic heterocycles. The van der Waals surface area contributed by atoms with Crippen LogP contribution in [0.2, 0.25) is 0 Å². The highest BCUT2D eigenvalue weighted by atomic mass is 16.5. The van der Waals surface area contributed by atoms with Crippen molar-refractivity contribution in [2.75, 3.05) is 79.0 Å². The monoisotopic (exact) mass is 535 g/mol. The van der Waals surface area contributed by atoms with Crippen molar-refractivity contribution >= 4 is 23.6 Å².